The fourth-order valence-corrected chi connectivity index (χ4v) is 5.81. The standard InChI is InChI=1S/C26H30ClN5O2/c1-31-10-2-3-20(31)15-34-26-29-23-11-16(22-12-17(27)5-9-24(22)33)4-8-21(23)25(30-26)32-13-18-6-7-19(14-32)28-18/h4-5,8-9,11-12,18-20,28,33H,2-3,6-7,10,13-15H2,1H3/t18-,19+,20-/m0/s1. The number of piperazine rings is 1. The molecule has 0 radical (unpaired) electrons. The third kappa shape index (κ3) is 4.17. The Morgan fingerprint density at radius 3 is 2.68 bits per heavy atom. The predicted octanol–water partition coefficient (Wildman–Crippen LogP) is 4.07. The van der Waals surface area contributed by atoms with Crippen molar-refractivity contribution in [1.82, 2.24) is 20.2 Å². The van der Waals surface area contributed by atoms with Crippen molar-refractivity contribution in [1.29, 1.82) is 0 Å². The second kappa shape index (κ2) is 8.87. The van der Waals surface area contributed by atoms with Gasteiger partial charge in [-0.15, -0.1) is 0 Å². The summed E-state index contributed by atoms with van der Waals surface area (Å²) < 4.78 is 6.18. The lowest BCUT2D eigenvalue weighted by Gasteiger charge is -2.34. The minimum atomic E-state index is 0.192. The average Bonchev–Trinajstić information content (AvgIpc) is 3.41. The van der Waals surface area contributed by atoms with Gasteiger partial charge in [0.05, 0.1) is 5.52 Å². The quantitative estimate of drug-likeness (QED) is 0.571. The maximum absolute atomic E-state index is 10.4. The highest BCUT2D eigenvalue weighted by Crippen LogP contribution is 2.36. The summed E-state index contributed by atoms with van der Waals surface area (Å²) in [6.07, 6.45) is 4.75. The number of aromatic nitrogens is 2. The third-order valence-corrected chi connectivity index (χ3v) is 7.75. The van der Waals surface area contributed by atoms with E-state index in [1.807, 2.05) is 12.1 Å². The molecule has 0 amide bonds. The number of ether oxygens (including phenoxy) is 1. The van der Waals surface area contributed by atoms with E-state index in [2.05, 4.69) is 28.2 Å². The van der Waals surface area contributed by atoms with E-state index in [1.165, 1.54) is 19.3 Å². The molecule has 3 atom stereocenters. The number of fused-ring (bicyclic) bond motifs is 3. The van der Waals surface area contributed by atoms with Crippen molar-refractivity contribution in [2.75, 3.05) is 38.2 Å². The third-order valence-electron chi connectivity index (χ3n) is 7.52. The van der Waals surface area contributed by atoms with Gasteiger partial charge in [-0.25, -0.2) is 0 Å². The minimum Gasteiger partial charge on any atom is -0.507 e. The van der Waals surface area contributed by atoms with Crippen LogP contribution in [0.15, 0.2) is 36.4 Å². The van der Waals surface area contributed by atoms with Gasteiger partial charge in [0.25, 0.3) is 0 Å². The van der Waals surface area contributed by atoms with E-state index in [0.717, 1.165) is 48.3 Å². The van der Waals surface area contributed by atoms with Gasteiger partial charge in [0.2, 0.25) is 0 Å². The smallest absolute Gasteiger partial charge is 0.319 e. The van der Waals surface area contributed by atoms with Crippen molar-refractivity contribution in [3.8, 4) is 22.9 Å². The van der Waals surface area contributed by atoms with Crippen LogP contribution in [0, 0.1) is 0 Å². The molecule has 7 nitrogen and oxygen atoms in total. The molecule has 178 valence electrons. The van der Waals surface area contributed by atoms with Gasteiger partial charge in [-0.05, 0) is 75.2 Å². The number of hydrogen-bond acceptors (Lipinski definition) is 7. The number of nitrogens with one attached hydrogen (secondary N) is 1. The van der Waals surface area contributed by atoms with Crippen molar-refractivity contribution in [2.45, 2.75) is 43.8 Å². The van der Waals surface area contributed by atoms with E-state index in [1.54, 1.807) is 18.2 Å². The van der Waals surface area contributed by atoms with Crippen LogP contribution in [-0.2, 0) is 0 Å². The Hall–Kier alpha value is -2.61. The molecule has 1 aromatic heterocycles. The van der Waals surface area contributed by atoms with E-state index in [0.29, 0.717) is 41.3 Å². The molecule has 0 saturated carbocycles. The van der Waals surface area contributed by atoms with Gasteiger partial charge in [-0.3, -0.25) is 0 Å². The van der Waals surface area contributed by atoms with Crippen LogP contribution in [0.5, 0.6) is 11.8 Å². The molecular formula is C26H30ClN5O2. The van der Waals surface area contributed by atoms with Crippen molar-refractivity contribution in [3.05, 3.63) is 41.4 Å². The molecule has 4 heterocycles. The lowest BCUT2D eigenvalue weighted by Crippen LogP contribution is -2.51. The van der Waals surface area contributed by atoms with Gasteiger partial charge in [-0.1, -0.05) is 17.7 Å². The van der Waals surface area contributed by atoms with Crippen LogP contribution < -0.4 is 15.0 Å². The number of hydrogen-bond donors (Lipinski definition) is 2. The number of aromatic hydroxyl groups is 1. The summed E-state index contributed by atoms with van der Waals surface area (Å²) in [4.78, 5) is 14.4. The molecule has 2 bridgehead atoms. The van der Waals surface area contributed by atoms with Crippen LogP contribution in [0.3, 0.4) is 0 Å². The molecule has 0 aliphatic carbocycles. The summed E-state index contributed by atoms with van der Waals surface area (Å²) in [7, 11) is 2.15. The summed E-state index contributed by atoms with van der Waals surface area (Å²) in [6.45, 7) is 3.56. The van der Waals surface area contributed by atoms with Gasteiger partial charge in [0.15, 0.2) is 0 Å². The number of phenols is 1. The second-order valence-corrected chi connectivity index (χ2v) is 10.3. The lowest BCUT2D eigenvalue weighted by molar-refractivity contribution is 0.188. The van der Waals surface area contributed by atoms with E-state index in [9.17, 15) is 5.11 Å². The molecule has 3 aliphatic rings. The summed E-state index contributed by atoms with van der Waals surface area (Å²) in [5, 5.41) is 15.7. The molecular weight excluding hydrogens is 450 g/mol. The molecule has 0 spiro atoms. The number of phenolic OH excluding ortho intramolecular Hbond substituents is 1. The van der Waals surface area contributed by atoms with Gasteiger partial charge >= 0.3 is 6.01 Å². The zero-order valence-corrected chi connectivity index (χ0v) is 20.1. The highest BCUT2D eigenvalue weighted by molar-refractivity contribution is 6.31. The molecule has 2 N–H and O–H groups in total. The Labute approximate surface area is 204 Å². The number of halogens is 1. The van der Waals surface area contributed by atoms with Gasteiger partial charge < -0.3 is 25.0 Å². The number of rotatable bonds is 5. The van der Waals surface area contributed by atoms with Gasteiger partial charge in [0.1, 0.15) is 18.2 Å². The average molecular weight is 480 g/mol. The topological polar surface area (TPSA) is 73.8 Å². The van der Waals surface area contributed by atoms with E-state index in [4.69, 9.17) is 26.3 Å². The molecule has 3 fully saturated rings. The zero-order chi connectivity index (χ0) is 23.2. The Kier molecular flexibility index (Phi) is 5.71. The first kappa shape index (κ1) is 21.9. The van der Waals surface area contributed by atoms with E-state index < -0.39 is 0 Å². The Morgan fingerprint density at radius 2 is 1.91 bits per heavy atom. The minimum absolute atomic E-state index is 0.192. The Morgan fingerprint density at radius 1 is 1.09 bits per heavy atom. The molecule has 34 heavy (non-hydrogen) atoms. The summed E-state index contributed by atoms with van der Waals surface area (Å²) in [6, 6.07) is 13.0. The molecule has 6 rings (SSSR count). The van der Waals surface area contributed by atoms with E-state index in [-0.39, 0.29) is 5.75 Å². The molecule has 2 aromatic carbocycles. The zero-order valence-electron chi connectivity index (χ0n) is 19.4. The highest BCUT2D eigenvalue weighted by Gasteiger charge is 2.34. The number of anilines is 1. The lowest BCUT2D eigenvalue weighted by atomic mass is 10.0. The first-order chi connectivity index (χ1) is 16.5. The van der Waals surface area contributed by atoms with Crippen LogP contribution in [0.25, 0.3) is 22.0 Å². The van der Waals surface area contributed by atoms with Crippen molar-refractivity contribution in [3.63, 3.8) is 0 Å². The van der Waals surface area contributed by atoms with Crippen LogP contribution in [0.1, 0.15) is 25.7 Å². The van der Waals surface area contributed by atoms with Crippen LogP contribution in [0.2, 0.25) is 5.02 Å². The number of likely N-dealkylation sites (tertiary alicyclic amines) is 1. The van der Waals surface area contributed by atoms with Gasteiger partial charge in [-0.2, -0.15) is 9.97 Å². The Bertz CT molecular complexity index is 1210. The summed E-state index contributed by atoms with van der Waals surface area (Å²) in [5.74, 6) is 1.12. The number of benzene rings is 2. The predicted molar refractivity (Wildman–Crippen MR) is 135 cm³/mol. The maximum Gasteiger partial charge on any atom is 0.319 e. The van der Waals surface area contributed by atoms with Crippen LogP contribution in [-0.4, -0.2) is 71.4 Å². The largest absolute Gasteiger partial charge is 0.507 e. The maximum atomic E-state index is 10.4. The molecule has 3 aromatic rings. The van der Waals surface area contributed by atoms with Crippen LogP contribution >= 0.6 is 11.6 Å². The molecule has 3 aliphatic heterocycles. The van der Waals surface area contributed by atoms with Crippen molar-refractivity contribution < 1.29 is 9.84 Å². The Balaban J connectivity index is 1.40. The first-order valence-electron chi connectivity index (χ1n) is 12.2. The van der Waals surface area contributed by atoms with Gasteiger partial charge in [0, 0.05) is 47.2 Å². The highest BCUT2D eigenvalue weighted by atomic mass is 35.5. The van der Waals surface area contributed by atoms with Crippen LogP contribution in [0.4, 0.5) is 5.82 Å². The summed E-state index contributed by atoms with van der Waals surface area (Å²) in [5.41, 5.74) is 2.35. The summed E-state index contributed by atoms with van der Waals surface area (Å²) >= 11 is 6.21. The normalized spacial score (nSPS) is 24.8. The second-order valence-electron chi connectivity index (χ2n) is 9.85. The monoisotopic (exact) mass is 479 g/mol. The SMILES string of the molecule is CN1CCC[C@H]1COc1nc(N2C[C@H]3CC[C@@H](C2)N3)c2ccc(-c3cc(Cl)ccc3O)cc2n1. The number of likely N-dealkylation sites (N-methyl/N-ethyl adjacent to an activating group) is 1. The van der Waals surface area contributed by atoms with Crippen molar-refractivity contribution in [2.24, 2.45) is 0 Å². The van der Waals surface area contributed by atoms with E-state index >= 15 is 0 Å². The molecule has 8 heteroatoms. The van der Waals surface area contributed by atoms with Crippen molar-refractivity contribution >= 4 is 28.3 Å². The number of nitrogens with zero attached hydrogens (tertiary/aromatic N) is 4. The first-order valence-corrected chi connectivity index (χ1v) is 12.6. The molecule has 0 unspecified atom stereocenters. The molecule has 3 saturated heterocycles. The fourth-order valence-electron chi connectivity index (χ4n) is 5.64. The fraction of sp³-hybridized carbons (Fsp3) is 0.462.